The van der Waals surface area contributed by atoms with Gasteiger partial charge in [-0.2, -0.15) is 5.10 Å². The van der Waals surface area contributed by atoms with Crippen molar-refractivity contribution >= 4 is 15.9 Å². The largest absolute Gasteiger partial charge is 0.352 e. The number of nitrogens with one attached hydrogen (secondary N) is 2. The summed E-state index contributed by atoms with van der Waals surface area (Å²) in [5.41, 5.74) is 2.52. The molecule has 1 saturated carbocycles. The lowest BCUT2D eigenvalue weighted by molar-refractivity contribution is 0.0954. The highest BCUT2D eigenvalue weighted by Gasteiger charge is 2.27. The Balaban J connectivity index is 1.29. The van der Waals surface area contributed by atoms with Crippen molar-refractivity contribution in [2.24, 2.45) is 0 Å². The fourth-order valence-electron chi connectivity index (χ4n) is 2.93. The van der Waals surface area contributed by atoms with E-state index >= 15 is 0 Å². The summed E-state index contributed by atoms with van der Waals surface area (Å²) < 4.78 is 28.8. The molecule has 29 heavy (non-hydrogen) atoms. The molecule has 0 aliphatic heterocycles. The van der Waals surface area contributed by atoms with Crippen LogP contribution < -0.4 is 10.0 Å². The number of benzene rings is 2. The van der Waals surface area contributed by atoms with Crippen molar-refractivity contribution in [3.63, 3.8) is 0 Å². The van der Waals surface area contributed by atoms with Crippen LogP contribution in [0.4, 0.5) is 0 Å². The number of hydrogen-bond donors (Lipinski definition) is 2. The van der Waals surface area contributed by atoms with Gasteiger partial charge in [0.15, 0.2) is 0 Å². The molecular weight excluding hydrogens is 388 g/mol. The smallest absolute Gasteiger partial charge is 0.251 e. The molecule has 1 heterocycles. The first-order valence-electron chi connectivity index (χ1n) is 9.51. The molecule has 1 aromatic heterocycles. The highest BCUT2D eigenvalue weighted by Crippen LogP contribution is 2.22. The van der Waals surface area contributed by atoms with Gasteiger partial charge in [-0.25, -0.2) is 17.8 Å². The number of nitrogens with zero attached hydrogens (tertiary/aromatic N) is 2. The van der Waals surface area contributed by atoms with Gasteiger partial charge >= 0.3 is 0 Å². The molecule has 1 amide bonds. The van der Waals surface area contributed by atoms with E-state index in [0.717, 1.165) is 24.1 Å². The zero-order valence-electron chi connectivity index (χ0n) is 15.8. The molecule has 4 rings (SSSR count). The Hall–Kier alpha value is -2.97. The third-order valence-corrected chi connectivity index (χ3v) is 6.27. The summed E-state index contributed by atoms with van der Waals surface area (Å²) in [7, 11) is -3.50. The number of sulfonamides is 1. The van der Waals surface area contributed by atoms with E-state index in [1.807, 2.05) is 36.5 Å². The summed E-state index contributed by atoms with van der Waals surface area (Å²) in [5.74, 6) is -0.225. The molecule has 2 aromatic carbocycles. The zero-order chi connectivity index (χ0) is 20.3. The molecule has 1 aliphatic rings. The van der Waals surface area contributed by atoms with Crippen LogP contribution in [0.25, 0.3) is 5.69 Å². The van der Waals surface area contributed by atoms with Gasteiger partial charge in [-0.05, 0) is 67.3 Å². The molecule has 0 saturated heterocycles. The van der Waals surface area contributed by atoms with Gasteiger partial charge in [-0.1, -0.05) is 12.1 Å². The second kappa shape index (κ2) is 8.18. The maximum atomic E-state index is 12.3. The number of amides is 1. The Kier molecular flexibility index (Phi) is 5.46. The van der Waals surface area contributed by atoms with E-state index in [9.17, 15) is 13.2 Å². The molecule has 3 aromatic rings. The quantitative estimate of drug-likeness (QED) is 0.596. The van der Waals surface area contributed by atoms with E-state index in [1.165, 1.54) is 24.3 Å². The van der Waals surface area contributed by atoms with Gasteiger partial charge in [0.2, 0.25) is 10.0 Å². The molecule has 0 spiro atoms. The lowest BCUT2D eigenvalue weighted by Crippen LogP contribution is -2.27. The predicted octanol–water partition coefficient (Wildman–Crippen LogP) is 2.29. The van der Waals surface area contributed by atoms with Crippen molar-refractivity contribution in [1.29, 1.82) is 0 Å². The maximum Gasteiger partial charge on any atom is 0.251 e. The summed E-state index contributed by atoms with van der Waals surface area (Å²) in [4.78, 5) is 12.5. The van der Waals surface area contributed by atoms with E-state index < -0.39 is 10.0 Å². The first-order chi connectivity index (χ1) is 14.0. The van der Waals surface area contributed by atoms with Crippen LogP contribution in [0.5, 0.6) is 0 Å². The highest BCUT2D eigenvalue weighted by atomic mass is 32.2. The standard InChI is InChI=1S/C21H22N4O3S/c26-21(17-4-10-20(11-5-17)29(27,28)24-18-6-7-18)22-14-12-16-2-8-19(9-3-16)25-15-1-13-23-25/h1-5,8-11,13,15,18,24H,6-7,12,14H2,(H,22,26). The predicted molar refractivity (Wildman–Crippen MR) is 109 cm³/mol. The Labute approximate surface area is 169 Å². The fourth-order valence-corrected chi connectivity index (χ4v) is 4.24. The molecule has 0 radical (unpaired) electrons. The molecular formula is C21H22N4O3S. The minimum atomic E-state index is -3.50. The maximum absolute atomic E-state index is 12.3. The van der Waals surface area contributed by atoms with Gasteiger partial charge in [0, 0.05) is 30.5 Å². The lowest BCUT2D eigenvalue weighted by atomic mass is 10.1. The second-order valence-corrected chi connectivity index (χ2v) is 8.76. The molecule has 7 nitrogen and oxygen atoms in total. The van der Waals surface area contributed by atoms with Crippen LogP contribution in [0.1, 0.15) is 28.8 Å². The highest BCUT2D eigenvalue weighted by molar-refractivity contribution is 7.89. The van der Waals surface area contributed by atoms with Crippen LogP contribution in [0.15, 0.2) is 71.9 Å². The summed E-state index contributed by atoms with van der Waals surface area (Å²) in [6, 6.07) is 15.9. The van der Waals surface area contributed by atoms with Gasteiger partial charge in [-0.15, -0.1) is 0 Å². The second-order valence-electron chi connectivity index (χ2n) is 7.04. The molecule has 1 fully saturated rings. The van der Waals surface area contributed by atoms with Crippen LogP contribution in [-0.4, -0.2) is 36.7 Å². The summed E-state index contributed by atoms with van der Waals surface area (Å²) in [6.07, 6.45) is 6.07. The molecule has 1 aliphatic carbocycles. The van der Waals surface area contributed by atoms with E-state index in [4.69, 9.17) is 0 Å². The summed E-state index contributed by atoms with van der Waals surface area (Å²) in [6.45, 7) is 0.489. The SMILES string of the molecule is O=C(NCCc1ccc(-n2cccn2)cc1)c1ccc(S(=O)(=O)NC2CC2)cc1. The Morgan fingerprint density at radius 3 is 2.41 bits per heavy atom. The molecule has 8 heteroatoms. The van der Waals surface area contributed by atoms with Gasteiger partial charge in [0.05, 0.1) is 10.6 Å². The number of carbonyl (C=O) groups excluding carboxylic acids is 1. The molecule has 150 valence electrons. The molecule has 0 unspecified atom stereocenters. The van der Waals surface area contributed by atoms with Gasteiger partial charge in [0.25, 0.3) is 5.91 Å². The average molecular weight is 410 g/mol. The van der Waals surface area contributed by atoms with Crippen LogP contribution in [0.3, 0.4) is 0 Å². The molecule has 0 bridgehead atoms. The van der Waals surface area contributed by atoms with Gasteiger partial charge in [-0.3, -0.25) is 4.79 Å². The van der Waals surface area contributed by atoms with E-state index in [2.05, 4.69) is 15.1 Å². The topological polar surface area (TPSA) is 93.1 Å². The molecule has 2 N–H and O–H groups in total. The van der Waals surface area contributed by atoms with E-state index in [1.54, 1.807) is 10.9 Å². The van der Waals surface area contributed by atoms with Crippen molar-refractivity contribution < 1.29 is 13.2 Å². The average Bonchev–Trinajstić information content (AvgIpc) is 3.35. The Bertz CT molecular complexity index is 1070. The number of rotatable bonds is 8. The van der Waals surface area contributed by atoms with Crippen molar-refractivity contribution in [2.75, 3.05) is 6.54 Å². The van der Waals surface area contributed by atoms with E-state index in [-0.39, 0.29) is 16.8 Å². The van der Waals surface area contributed by atoms with Crippen LogP contribution >= 0.6 is 0 Å². The minimum absolute atomic E-state index is 0.0524. The van der Waals surface area contributed by atoms with Crippen molar-refractivity contribution in [1.82, 2.24) is 19.8 Å². The van der Waals surface area contributed by atoms with Crippen LogP contribution in [0.2, 0.25) is 0 Å². The third kappa shape index (κ3) is 4.90. The first kappa shape index (κ1) is 19.4. The Morgan fingerprint density at radius 2 is 1.79 bits per heavy atom. The minimum Gasteiger partial charge on any atom is -0.352 e. The monoisotopic (exact) mass is 410 g/mol. The van der Waals surface area contributed by atoms with Crippen LogP contribution in [-0.2, 0) is 16.4 Å². The van der Waals surface area contributed by atoms with Crippen molar-refractivity contribution in [2.45, 2.75) is 30.2 Å². The Morgan fingerprint density at radius 1 is 1.07 bits per heavy atom. The van der Waals surface area contributed by atoms with Gasteiger partial charge in [0.1, 0.15) is 0 Å². The summed E-state index contributed by atoms with van der Waals surface area (Å²) in [5, 5.41) is 7.06. The number of aromatic nitrogens is 2. The molecule has 0 atom stereocenters. The van der Waals surface area contributed by atoms with Crippen LogP contribution in [0, 0.1) is 0 Å². The van der Waals surface area contributed by atoms with Crippen molar-refractivity contribution in [3.8, 4) is 5.69 Å². The van der Waals surface area contributed by atoms with Gasteiger partial charge < -0.3 is 5.32 Å². The normalized spacial score (nSPS) is 13.9. The number of carbonyl (C=O) groups is 1. The van der Waals surface area contributed by atoms with E-state index in [0.29, 0.717) is 18.5 Å². The lowest BCUT2D eigenvalue weighted by Gasteiger charge is -2.08. The number of hydrogen-bond acceptors (Lipinski definition) is 4. The first-order valence-corrected chi connectivity index (χ1v) is 11.0. The summed E-state index contributed by atoms with van der Waals surface area (Å²) >= 11 is 0. The third-order valence-electron chi connectivity index (χ3n) is 4.73. The zero-order valence-corrected chi connectivity index (χ0v) is 16.6. The fraction of sp³-hybridized carbons (Fsp3) is 0.238. The van der Waals surface area contributed by atoms with Crippen molar-refractivity contribution in [3.05, 3.63) is 78.1 Å².